The van der Waals surface area contributed by atoms with Crippen molar-refractivity contribution in [2.24, 2.45) is 5.92 Å². The number of carbonyl (C=O) groups excluding carboxylic acids is 2. The van der Waals surface area contributed by atoms with Crippen LogP contribution in [0.15, 0.2) is 12.1 Å². The molecule has 1 aliphatic rings. The molecule has 0 aliphatic carbocycles. The SMILES string of the molecule is CC(C)c1ccc(NC(=O)C2CN(C(=O)C#CC(C)(C)N(C)C)C2)s1. The number of likely N-dealkylation sites (tertiary alicyclic amines) is 1. The minimum atomic E-state index is -0.357. The van der Waals surface area contributed by atoms with Gasteiger partial charge < -0.3 is 10.2 Å². The number of anilines is 1. The van der Waals surface area contributed by atoms with Crippen LogP contribution in [0.2, 0.25) is 0 Å². The molecule has 25 heavy (non-hydrogen) atoms. The fourth-order valence-corrected chi connectivity index (χ4v) is 3.07. The molecule has 0 aromatic carbocycles. The molecule has 0 spiro atoms. The van der Waals surface area contributed by atoms with Gasteiger partial charge in [0.05, 0.1) is 16.5 Å². The van der Waals surface area contributed by atoms with Crippen LogP contribution < -0.4 is 5.32 Å². The van der Waals surface area contributed by atoms with Crippen molar-refractivity contribution in [3.8, 4) is 11.8 Å². The smallest absolute Gasteiger partial charge is 0.298 e. The minimum Gasteiger partial charge on any atom is -0.330 e. The van der Waals surface area contributed by atoms with E-state index in [0.29, 0.717) is 19.0 Å². The highest BCUT2D eigenvalue weighted by Gasteiger charge is 2.35. The Bertz CT molecular complexity index is 704. The van der Waals surface area contributed by atoms with Crippen molar-refractivity contribution in [2.75, 3.05) is 32.5 Å². The van der Waals surface area contributed by atoms with E-state index in [4.69, 9.17) is 0 Å². The summed E-state index contributed by atoms with van der Waals surface area (Å²) in [5.41, 5.74) is -0.357. The third-order valence-corrected chi connectivity index (χ3v) is 5.88. The van der Waals surface area contributed by atoms with Gasteiger partial charge in [-0.2, -0.15) is 0 Å². The van der Waals surface area contributed by atoms with E-state index in [2.05, 4.69) is 31.0 Å². The zero-order valence-corrected chi connectivity index (χ0v) is 16.7. The first-order chi connectivity index (χ1) is 11.6. The van der Waals surface area contributed by atoms with Gasteiger partial charge in [-0.05, 0) is 51.9 Å². The summed E-state index contributed by atoms with van der Waals surface area (Å²) in [7, 11) is 3.86. The van der Waals surface area contributed by atoms with Crippen LogP contribution in [0.3, 0.4) is 0 Å². The third-order valence-electron chi connectivity index (χ3n) is 4.58. The molecule has 6 heteroatoms. The van der Waals surface area contributed by atoms with Gasteiger partial charge in [0.1, 0.15) is 0 Å². The van der Waals surface area contributed by atoms with E-state index in [0.717, 1.165) is 5.00 Å². The summed E-state index contributed by atoms with van der Waals surface area (Å²) in [6.07, 6.45) is 0. The zero-order chi connectivity index (χ0) is 18.8. The van der Waals surface area contributed by atoms with Gasteiger partial charge in [0.2, 0.25) is 5.91 Å². The Labute approximate surface area is 154 Å². The van der Waals surface area contributed by atoms with Crippen molar-refractivity contribution in [3.63, 3.8) is 0 Å². The molecule has 136 valence electrons. The lowest BCUT2D eigenvalue weighted by Crippen LogP contribution is -2.54. The van der Waals surface area contributed by atoms with E-state index < -0.39 is 0 Å². The highest BCUT2D eigenvalue weighted by Crippen LogP contribution is 2.29. The molecule has 2 rings (SSSR count). The summed E-state index contributed by atoms with van der Waals surface area (Å²) in [6, 6.07) is 3.98. The second-order valence-corrected chi connectivity index (χ2v) is 8.57. The monoisotopic (exact) mass is 361 g/mol. The Hall–Kier alpha value is -1.84. The van der Waals surface area contributed by atoms with Gasteiger partial charge in [-0.1, -0.05) is 19.8 Å². The second-order valence-electron chi connectivity index (χ2n) is 7.46. The fraction of sp³-hybridized carbons (Fsp3) is 0.579. The predicted octanol–water partition coefficient (Wildman–Crippen LogP) is 2.61. The summed E-state index contributed by atoms with van der Waals surface area (Å²) in [4.78, 5) is 29.2. The molecule has 1 fully saturated rings. The van der Waals surface area contributed by atoms with E-state index in [1.54, 1.807) is 16.2 Å². The standard InChI is InChI=1S/C19H27N3O2S/c1-13(2)15-7-8-16(25-15)20-18(24)14-11-22(12-14)17(23)9-10-19(3,4)21(5)6/h7-8,13-14H,11-12H2,1-6H3,(H,20,24). The minimum absolute atomic E-state index is 0.0252. The van der Waals surface area contributed by atoms with E-state index in [9.17, 15) is 9.59 Å². The van der Waals surface area contributed by atoms with Crippen molar-refractivity contribution in [1.29, 1.82) is 0 Å². The average Bonchev–Trinajstić information content (AvgIpc) is 2.92. The first-order valence-corrected chi connectivity index (χ1v) is 9.32. The quantitative estimate of drug-likeness (QED) is 0.839. The molecule has 0 saturated carbocycles. The lowest BCUT2D eigenvalue weighted by molar-refractivity contribution is -0.136. The number of amides is 2. The average molecular weight is 362 g/mol. The third kappa shape index (κ3) is 4.83. The van der Waals surface area contributed by atoms with E-state index in [1.807, 2.05) is 45.0 Å². The maximum absolute atomic E-state index is 12.3. The maximum Gasteiger partial charge on any atom is 0.298 e. The van der Waals surface area contributed by atoms with Gasteiger partial charge in [-0.15, -0.1) is 11.3 Å². The molecule has 0 atom stereocenters. The Morgan fingerprint density at radius 2 is 1.96 bits per heavy atom. The second kappa shape index (κ2) is 7.59. The summed E-state index contributed by atoms with van der Waals surface area (Å²) in [6.45, 7) is 9.06. The molecule has 1 aliphatic heterocycles. The Kier molecular flexibility index (Phi) is 5.91. The van der Waals surface area contributed by atoms with Crippen molar-refractivity contribution >= 4 is 28.2 Å². The topological polar surface area (TPSA) is 52.7 Å². The zero-order valence-electron chi connectivity index (χ0n) is 15.8. The lowest BCUT2D eigenvalue weighted by Gasteiger charge is -2.36. The molecule has 0 radical (unpaired) electrons. The Balaban J connectivity index is 1.84. The Morgan fingerprint density at radius 3 is 2.48 bits per heavy atom. The molecular weight excluding hydrogens is 334 g/mol. The normalized spacial score (nSPS) is 15.0. The Morgan fingerprint density at radius 1 is 1.32 bits per heavy atom. The molecule has 1 aromatic heterocycles. The van der Waals surface area contributed by atoms with Crippen LogP contribution in [0.25, 0.3) is 0 Å². The molecule has 1 saturated heterocycles. The first-order valence-electron chi connectivity index (χ1n) is 8.50. The number of hydrogen-bond donors (Lipinski definition) is 1. The lowest BCUT2D eigenvalue weighted by atomic mass is 9.99. The van der Waals surface area contributed by atoms with E-state index in [-0.39, 0.29) is 23.3 Å². The van der Waals surface area contributed by atoms with Crippen LogP contribution in [0, 0.1) is 17.8 Å². The van der Waals surface area contributed by atoms with Crippen molar-refractivity contribution in [3.05, 3.63) is 17.0 Å². The van der Waals surface area contributed by atoms with Gasteiger partial charge in [-0.3, -0.25) is 14.5 Å². The van der Waals surface area contributed by atoms with E-state index in [1.165, 1.54) is 4.88 Å². The predicted molar refractivity (Wildman–Crippen MR) is 103 cm³/mol. The fourth-order valence-electron chi connectivity index (χ4n) is 2.16. The molecule has 1 aromatic rings. The molecule has 0 unspecified atom stereocenters. The highest BCUT2D eigenvalue weighted by atomic mass is 32.1. The highest BCUT2D eigenvalue weighted by molar-refractivity contribution is 7.16. The summed E-state index contributed by atoms with van der Waals surface area (Å²) in [5.74, 6) is 5.75. The van der Waals surface area contributed by atoms with Crippen LogP contribution in [0.1, 0.15) is 38.5 Å². The van der Waals surface area contributed by atoms with Crippen molar-refractivity contribution in [1.82, 2.24) is 9.80 Å². The number of nitrogens with one attached hydrogen (secondary N) is 1. The number of rotatable bonds is 4. The van der Waals surface area contributed by atoms with Gasteiger partial charge >= 0.3 is 0 Å². The number of carbonyl (C=O) groups is 2. The number of hydrogen-bond acceptors (Lipinski definition) is 4. The van der Waals surface area contributed by atoms with Crippen LogP contribution in [-0.4, -0.2) is 54.3 Å². The van der Waals surface area contributed by atoms with Crippen molar-refractivity contribution in [2.45, 2.75) is 39.2 Å². The summed E-state index contributed by atoms with van der Waals surface area (Å²) >= 11 is 1.60. The van der Waals surface area contributed by atoms with Crippen LogP contribution >= 0.6 is 11.3 Å². The van der Waals surface area contributed by atoms with Gasteiger partial charge in [-0.25, -0.2) is 0 Å². The molecule has 2 amide bonds. The van der Waals surface area contributed by atoms with Crippen LogP contribution in [0.5, 0.6) is 0 Å². The van der Waals surface area contributed by atoms with Gasteiger partial charge in [0, 0.05) is 18.0 Å². The van der Waals surface area contributed by atoms with E-state index >= 15 is 0 Å². The largest absolute Gasteiger partial charge is 0.330 e. The van der Waals surface area contributed by atoms with Gasteiger partial charge in [0.25, 0.3) is 5.91 Å². The molecular formula is C19H27N3O2S. The molecule has 2 heterocycles. The molecule has 5 nitrogen and oxygen atoms in total. The molecule has 1 N–H and O–H groups in total. The van der Waals surface area contributed by atoms with Crippen LogP contribution in [0.4, 0.5) is 5.00 Å². The van der Waals surface area contributed by atoms with Crippen LogP contribution in [-0.2, 0) is 9.59 Å². The maximum atomic E-state index is 12.3. The number of nitrogens with zero attached hydrogens (tertiary/aromatic N) is 2. The van der Waals surface area contributed by atoms with Crippen molar-refractivity contribution < 1.29 is 9.59 Å². The van der Waals surface area contributed by atoms with Gasteiger partial charge in [0.15, 0.2) is 0 Å². The summed E-state index contributed by atoms with van der Waals surface area (Å²) < 4.78 is 0. The molecule has 0 bridgehead atoms. The first kappa shape index (κ1) is 19.5. The summed E-state index contributed by atoms with van der Waals surface area (Å²) in [5, 5.41) is 3.82. The number of thiophene rings is 1.